The third-order valence-corrected chi connectivity index (χ3v) is 5.28. The summed E-state index contributed by atoms with van der Waals surface area (Å²) in [6, 6.07) is 0.276. The summed E-state index contributed by atoms with van der Waals surface area (Å²) in [4.78, 5) is 39.8. The smallest absolute Gasteiger partial charge is 0.407 e. The molecule has 2 N–H and O–H groups in total. The monoisotopic (exact) mass is 396 g/mol. The minimum absolute atomic E-state index is 0.0189. The van der Waals surface area contributed by atoms with Gasteiger partial charge in [0.2, 0.25) is 11.8 Å². The Kier molecular flexibility index (Phi) is 8.10. The van der Waals surface area contributed by atoms with Gasteiger partial charge in [-0.2, -0.15) is 0 Å². The molecule has 2 heterocycles. The van der Waals surface area contributed by atoms with Crippen LogP contribution in [0.2, 0.25) is 0 Å². The van der Waals surface area contributed by atoms with Crippen molar-refractivity contribution in [2.24, 2.45) is 0 Å². The predicted octanol–water partition coefficient (Wildman–Crippen LogP) is 1.49. The lowest BCUT2D eigenvalue weighted by atomic mass is 10.0. The Labute approximate surface area is 168 Å². The summed E-state index contributed by atoms with van der Waals surface area (Å²) in [5.41, 5.74) is -0.520. The lowest BCUT2D eigenvalue weighted by Gasteiger charge is -2.36. The first-order valence-electron chi connectivity index (χ1n) is 10.4. The van der Waals surface area contributed by atoms with Crippen molar-refractivity contribution < 1.29 is 19.1 Å². The van der Waals surface area contributed by atoms with E-state index < -0.39 is 11.7 Å². The lowest BCUT2D eigenvalue weighted by Crippen LogP contribution is -2.52. The third kappa shape index (κ3) is 7.66. The van der Waals surface area contributed by atoms with Crippen LogP contribution in [0.1, 0.15) is 59.8 Å². The van der Waals surface area contributed by atoms with Crippen LogP contribution in [0, 0.1) is 0 Å². The number of alkyl carbamates (subject to hydrolysis) is 1. The van der Waals surface area contributed by atoms with Crippen molar-refractivity contribution in [1.82, 2.24) is 20.4 Å². The minimum atomic E-state index is -0.520. The minimum Gasteiger partial charge on any atom is -0.444 e. The zero-order valence-corrected chi connectivity index (χ0v) is 17.8. The second-order valence-corrected chi connectivity index (χ2v) is 8.85. The number of nitrogens with one attached hydrogen (secondary N) is 2. The summed E-state index contributed by atoms with van der Waals surface area (Å²) < 4.78 is 5.30. The van der Waals surface area contributed by atoms with Gasteiger partial charge in [0.05, 0.1) is 6.54 Å². The van der Waals surface area contributed by atoms with E-state index in [0.29, 0.717) is 26.2 Å². The highest BCUT2D eigenvalue weighted by atomic mass is 16.6. The summed E-state index contributed by atoms with van der Waals surface area (Å²) in [6.07, 6.45) is 4.30. The maximum Gasteiger partial charge on any atom is 0.407 e. The first kappa shape index (κ1) is 22.5. The largest absolute Gasteiger partial charge is 0.444 e. The van der Waals surface area contributed by atoms with Crippen LogP contribution in [0.3, 0.4) is 0 Å². The van der Waals surface area contributed by atoms with Crippen molar-refractivity contribution in [3.8, 4) is 0 Å². The van der Waals surface area contributed by atoms with E-state index in [-0.39, 0.29) is 23.9 Å². The normalized spacial score (nSPS) is 21.9. The van der Waals surface area contributed by atoms with Gasteiger partial charge in [-0.15, -0.1) is 0 Å². The van der Waals surface area contributed by atoms with Gasteiger partial charge in [0, 0.05) is 38.6 Å². The second kappa shape index (κ2) is 10.1. The summed E-state index contributed by atoms with van der Waals surface area (Å²) >= 11 is 0. The van der Waals surface area contributed by atoms with Crippen LogP contribution in [-0.4, -0.2) is 78.1 Å². The van der Waals surface area contributed by atoms with Gasteiger partial charge < -0.3 is 20.3 Å². The first-order valence-corrected chi connectivity index (χ1v) is 10.4. The van der Waals surface area contributed by atoms with Crippen molar-refractivity contribution in [2.75, 3.05) is 32.7 Å². The molecule has 0 bridgehead atoms. The number of hydrogen-bond acceptors (Lipinski definition) is 5. The summed E-state index contributed by atoms with van der Waals surface area (Å²) in [6.45, 7) is 10.2. The lowest BCUT2D eigenvalue weighted by molar-refractivity contribution is -0.130. The molecule has 0 aromatic rings. The van der Waals surface area contributed by atoms with E-state index in [1.54, 1.807) is 6.92 Å². The van der Waals surface area contributed by atoms with E-state index in [1.165, 1.54) is 0 Å². The van der Waals surface area contributed by atoms with Gasteiger partial charge in [-0.05, 0) is 53.0 Å². The molecule has 2 aliphatic heterocycles. The molecule has 0 aliphatic carbocycles. The Morgan fingerprint density at radius 2 is 1.71 bits per heavy atom. The number of amides is 3. The predicted molar refractivity (Wildman–Crippen MR) is 107 cm³/mol. The topological polar surface area (TPSA) is 91.0 Å². The van der Waals surface area contributed by atoms with Crippen molar-refractivity contribution in [3.05, 3.63) is 0 Å². The molecule has 8 nitrogen and oxygen atoms in total. The zero-order chi connectivity index (χ0) is 20.7. The Morgan fingerprint density at radius 3 is 2.32 bits per heavy atom. The first-order chi connectivity index (χ1) is 13.1. The Bertz CT molecular complexity index is 553. The number of piperidine rings is 2. The molecule has 0 aromatic carbocycles. The Balaban J connectivity index is 1.76. The number of carbonyl (C=O) groups excluding carboxylic acids is 3. The molecule has 0 spiro atoms. The molecular formula is C20H36N4O4. The standard InChI is InChI=1S/C20H36N4O4/c1-15(25)23-11-8-16(9-12-23)22-18(26)14-24-10-6-5-7-17(24)13-21-19(27)28-20(2,3)4/h16-17H,5-14H2,1-4H3,(H,21,27)(H,22,26). The van der Waals surface area contributed by atoms with Crippen molar-refractivity contribution in [2.45, 2.75) is 77.5 Å². The number of carbonyl (C=O) groups is 3. The molecule has 2 rings (SSSR count). The van der Waals surface area contributed by atoms with E-state index in [0.717, 1.165) is 38.6 Å². The van der Waals surface area contributed by atoms with E-state index in [9.17, 15) is 14.4 Å². The van der Waals surface area contributed by atoms with Crippen LogP contribution in [0.5, 0.6) is 0 Å². The molecule has 1 atom stereocenters. The second-order valence-electron chi connectivity index (χ2n) is 8.85. The Morgan fingerprint density at radius 1 is 1.04 bits per heavy atom. The quantitative estimate of drug-likeness (QED) is 0.735. The fourth-order valence-corrected chi connectivity index (χ4v) is 3.81. The summed E-state index contributed by atoms with van der Waals surface area (Å²) in [7, 11) is 0. The molecule has 0 saturated carbocycles. The van der Waals surface area contributed by atoms with Gasteiger partial charge in [0.15, 0.2) is 0 Å². The molecule has 1 unspecified atom stereocenters. The van der Waals surface area contributed by atoms with Crippen LogP contribution in [-0.2, 0) is 14.3 Å². The zero-order valence-electron chi connectivity index (χ0n) is 17.8. The van der Waals surface area contributed by atoms with Crippen LogP contribution < -0.4 is 10.6 Å². The molecule has 160 valence electrons. The number of nitrogens with zero attached hydrogens (tertiary/aromatic N) is 2. The molecule has 8 heteroatoms. The van der Waals surface area contributed by atoms with Crippen LogP contribution in [0.25, 0.3) is 0 Å². The fourth-order valence-electron chi connectivity index (χ4n) is 3.81. The Hall–Kier alpha value is -1.83. The van der Waals surface area contributed by atoms with Crippen LogP contribution in [0.4, 0.5) is 4.79 Å². The van der Waals surface area contributed by atoms with Crippen molar-refractivity contribution in [1.29, 1.82) is 0 Å². The molecule has 2 aliphatic rings. The van der Waals surface area contributed by atoms with Crippen LogP contribution >= 0.6 is 0 Å². The maximum atomic E-state index is 12.5. The molecule has 0 radical (unpaired) electrons. The van der Waals surface area contributed by atoms with E-state index in [2.05, 4.69) is 15.5 Å². The summed E-state index contributed by atoms with van der Waals surface area (Å²) in [5, 5.41) is 5.95. The van der Waals surface area contributed by atoms with Gasteiger partial charge in [0.25, 0.3) is 0 Å². The third-order valence-electron chi connectivity index (χ3n) is 5.28. The average molecular weight is 397 g/mol. The summed E-state index contributed by atoms with van der Waals surface area (Å²) in [5.74, 6) is 0.115. The molecule has 3 amide bonds. The highest BCUT2D eigenvalue weighted by Gasteiger charge is 2.27. The van der Waals surface area contributed by atoms with E-state index in [1.807, 2.05) is 25.7 Å². The van der Waals surface area contributed by atoms with Gasteiger partial charge in [-0.1, -0.05) is 6.42 Å². The molecule has 2 fully saturated rings. The highest BCUT2D eigenvalue weighted by molar-refractivity contribution is 5.78. The van der Waals surface area contributed by atoms with Gasteiger partial charge in [-0.3, -0.25) is 14.5 Å². The maximum absolute atomic E-state index is 12.5. The number of likely N-dealkylation sites (tertiary alicyclic amines) is 2. The average Bonchev–Trinajstić information content (AvgIpc) is 2.60. The van der Waals surface area contributed by atoms with Crippen molar-refractivity contribution >= 4 is 17.9 Å². The SMILES string of the molecule is CC(=O)N1CCC(NC(=O)CN2CCCCC2CNC(=O)OC(C)(C)C)CC1. The molecule has 2 saturated heterocycles. The highest BCUT2D eigenvalue weighted by Crippen LogP contribution is 2.17. The van der Waals surface area contributed by atoms with Crippen molar-refractivity contribution in [3.63, 3.8) is 0 Å². The van der Waals surface area contributed by atoms with Gasteiger partial charge in [-0.25, -0.2) is 4.79 Å². The molecular weight excluding hydrogens is 360 g/mol. The number of ether oxygens (including phenoxy) is 1. The molecule has 0 aromatic heterocycles. The van der Waals surface area contributed by atoms with E-state index in [4.69, 9.17) is 4.74 Å². The fraction of sp³-hybridized carbons (Fsp3) is 0.850. The van der Waals surface area contributed by atoms with Gasteiger partial charge >= 0.3 is 6.09 Å². The van der Waals surface area contributed by atoms with Gasteiger partial charge in [0.1, 0.15) is 5.60 Å². The number of hydrogen-bond donors (Lipinski definition) is 2. The number of rotatable bonds is 5. The molecule has 28 heavy (non-hydrogen) atoms. The van der Waals surface area contributed by atoms with Crippen LogP contribution in [0.15, 0.2) is 0 Å². The van der Waals surface area contributed by atoms with E-state index >= 15 is 0 Å².